The number of hydrogen-bond donors (Lipinski definition) is 0. The van der Waals surface area contributed by atoms with Crippen LogP contribution in [0, 0.1) is 69.2 Å². The van der Waals surface area contributed by atoms with Crippen LogP contribution in [0.1, 0.15) is 55.6 Å². The molecule has 0 saturated heterocycles. The van der Waals surface area contributed by atoms with E-state index in [-0.39, 0.29) is 0 Å². The fourth-order valence-electron chi connectivity index (χ4n) is 7.69. The molecule has 0 radical (unpaired) electrons. The molecule has 0 aliphatic heterocycles. The molecule has 2 heterocycles. The van der Waals surface area contributed by atoms with Gasteiger partial charge >= 0.3 is 0 Å². The topological polar surface area (TPSA) is 32.3 Å². The molecule has 0 saturated carbocycles. The summed E-state index contributed by atoms with van der Waals surface area (Å²) in [5.74, 6) is 1.82. The summed E-state index contributed by atoms with van der Waals surface area (Å²) in [5, 5.41) is 5.02. The lowest BCUT2D eigenvalue weighted by atomic mass is 9.91. The van der Waals surface area contributed by atoms with Gasteiger partial charge < -0.3 is 0 Å². The van der Waals surface area contributed by atoms with Crippen LogP contribution in [0.15, 0.2) is 97.3 Å². The van der Waals surface area contributed by atoms with Gasteiger partial charge in [0.05, 0.1) is 11.4 Å². The maximum Gasteiger partial charge on any atom is 0.137 e. The number of benzene rings is 5. The van der Waals surface area contributed by atoms with Crippen LogP contribution in [0.5, 0.6) is 0 Å². The minimum Gasteiger partial charge on any atom is -0.294 e. The standard InChI is InChI=1S/C46H46N4/c1-27-23-28(2)32(6)45(31(27)5)49(43-15-11-13-21-47-43)37-17-19-39-36(10)42-26-38(18-20-40(42)35(9)41(39)25-37)50(44-16-12-14-22-48-44)46-33(7)29(3)24-30(4)34(46)8/h11-26H,1-10H3. The second kappa shape index (κ2) is 12.8. The van der Waals surface area contributed by atoms with Crippen molar-refractivity contribution < 1.29 is 0 Å². The van der Waals surface area contributed by atoms with E-state index in [0.717, 1.165) is 23.0 Å². The van der Waals surface area contributed by atoms with E-state index in [9.17, 15) is 0 Å². The minimum atomic E-state index is 0.912. The number of hydrogen-bond acceptors (Lipinski definition) is 4. The maximum atomic E-state index is 4.86. The van der Waals surface area contributed by atoms with Gasteiger partial charge in [-0.2, -0.15) is 0 Å². The number of rotatable bonds is 6. The first-order valence-corrected chi connectivity index (χ1v) is 17.5. The van der Waals surface area contributed by atoms with Crippen molar-refractivity contribution in [2.75, 3.05) is 9.80 Å². The first-order valence-electron chi connectivity index (χ1n) is 17.5. The van der Waals surface area contributed by atoms with E-state index < -0.39 is 0 Å². The first kappa shape index (κ1) is 33.0. The fourth-order valence-corrected chi connectivity index (χ4v) is 7.69. The van der Waals surface area contributed by atoms with Crippen LogP contribution in [0.25, 0.3) is 21.5 Å². The molecular weight excluding hydrogens is 609 g/mol. The Morgan fingerprint density at radius 2 is 0.720 bits per heavy atom. The van der Waals surface area contributed by atoms with Crippen molar-refractivity contribution >= 4 is 55.9 Å². The van der Waals surface area contributed by atoms with E-state index in [1.54, 1.807) is 0 Å². The largest absolute Gasteiger partial charge is 0.294 e. The van der Waals surface area contributed by atoms with Crippen molar-refractivity contribution in [1.29, 1.82) is 0 Å². The summed E-state index contributed by atoms with van der Waals surface area (Å²) in [5.41, 5.74) is 17.4. The molecule has 7 rings (SSSR count). The van der Waals surface area contributed by atoms with Crippen LogP contribution in [-0.2, 0) is 0 Å². The molecule has 0 aliphatic rings. The fraction of sp³-hybridized carbons (Fsp3) is 0.217. The van der Waals surface area contributed by atoms with E-state index in [1.807, 2.05) is 24.5 Å². The summed E-state index contributed by atoms with van der Waals surface area (Å²) < 4.78 is 0. The van der Waals surface area contributed by atoms with Crippen molar-refractivity contribution in [2.45, 2.75) is 69.2 Å². The van der Waals surface area contributed by atoms with Gasteiger partial charge in [0.25, 0.3) is 0 Å². The molecule has 0 bridgehead atoms. The van der Waals surface area contributed by atoms with E-state index in [0.29, 0.717) is 0 Å². The summed E-state index contributed by atoms with van der Waals surface area (Å²) in [6.07, 6.45) is 3.76. The van der Waals surface area contributed by atoms with Gasteiger partial charge in [0.15, 0.2) is 0 Å². The Bertz CT molecular complexity index is 2200. The van der Waals surface area contributed by atoms with Crippen LogP contribution in [0.2, 0.25) is 0 Å². The molecule has 0 unspecified atom stereocenters. The van der Waals surface area contributed by atoms with E-state index in [4.69, 9.17) is 9.97 Å². The number of fused-ring (bicyclic) bond motifs is 2. The summed E-state index contributed by atoms with van der Waals surface area (Å²) in [7, 11) is 0. The van der Waals surface area contributed by atoms with Gasteiger partial charge in [-0.05, 0) is 195 Å². The molecular formula is C46H46N4. The van der Waals surface area contributed by atoms with Crippen molar-refractivity contribution in [3.8, 4) is 0 Å². The van der Waals surface area contributed by atoms with E-state index in [2.05, 4.69) is 152 Å². The summed E-state index contributed by atoms with van der Waals surface area (Å²) in [6, 6.07) is 30.7. The Morgan fingerprint density at radius 3 is 1.04 bits per heavy atom. The predicted molar refractivity (Wildman–Crippen MR) is 214 cm³/mol. The van der Waals surface area contributed by atoms with Gasteiger partial charge in [-0.3, -0.25) is 9.80 Å². The Labute approximate surface area is 297 Å². The quantitative estimate of drug-likeness (QED) is 0.167. The number of anilines is 6. The molecule has 0 atom stereocenters. The second-order valence-electron chi connectivity index (χ2n) is 14.0. The van der Waals surface area contributed by atoms with Gasteiger partial charge in [-0.15, -0.1) is 0 Å². The van der Waals surface area contributed by atoms with Gasteiger partial charge in [0.2, 0.25) is 0 Å². The van der Waals surface area contributed by atoms with E-state index in [1.165, 1.54) is 88.6 Å². The van der Waals surface area contributed by atoms with Crippen molar-refractivity contribution in [3.63, 3.8) is 0 Å². The van der Waals surface area contributed by atoms with E-state index >= 15 is 0 Å². The number of aryl methyl sites for hydroxylation is 6. The lowest BCUT2D eigenvalue weighted by molar-refractivity contribution is 1.13. The highest BCUT2D eigenvalue weighted by molar-refractivity contribution is 6.08. The van der Waals surface area contributed by atoms with Crippen LogP contribution in [0.4, 0.5) is 34.4 Å². The molecule has 2 aromatic heterocycles. The van der Waals surface area contributed by atoms with Crippen LogP contribution in [-0.4, -0.2) is 9.97 Å². The Hall–Kier alpha value is -5.48. The molecule has 0 aliphatic carbocycles. The lowest BCUT2D eigenvalue weighted by Gasteiger charge is -2.30. The average Bonchev–Trinajstić information content (AvgIpc) is 3.13. The van der Waals surface area contributed by atoms with Crippen LogP contribution in [0.3, 0.4) is 0 Å². The van der Waals surface area contributed by atoms with Crippen molar-refractivity contribution in [2.24, 2.45) is 0 Å². The first-order chi connectivity index (χ1) is 24.0. The Morgan fingerprint density at radius 1 is 0.360 bits per heavy atom. The zero-order valence-corrected chi connectivity index (χ0v) is 31.0. The monoisotopic (exact) mass is 654 g/mol. The van der Waals surface area contributed by atoms with Crippen LogP contribution >= 0.6 is 0 Å². The maximum absolute atomic E-state index is 4.86. The minimum absolute atomic E-state index is 0.912. The zero-order valence-electron chi connectivity index (χ0n) is 31.0. The third kappa shape index (κ3) is 5.40. The molecule has 0 amide bonds. The highest BCUT2D eigenvalue weighted by atomic mass is 15.2. The molecule has 50 heavy (non-hydrogen) atoms. The summed E-state index contributed by atoms with van der Waals surface area (Å²) in [4.78, 5) is 14.4. The molecule has 7 aromatic rings. The Balaban J connectivity index is 1.45. The van der Waals surface area contributed by atoms with Gasteiger partial charge in [0.1, 0.15) is 11.6 Å². The van der Waals surface area contributed by atoms with Crippen LogP contribution < -0.4 is 9.80 Å². The second-order valence-corrected chi connectivity index (χ2v) is 14.0. The molecule has 0 spiro atoms. The molecule has 250 valence electrons. The van der Waals surface area contributed by atoms with Gasteiger partial charge in [-0.25, -0.2) is 9.97 Å². The lowest BCUT2D eigenvalue weighted by Crippen LogP contribution is -2.15. The normalized spacial score (nSPS) is 11.4. The number of nitrogens with zero attached hydrogens (tertiary/aromatic N) is 4. The third-order valence-corrected chi connectivity index (χ3v) is 11.0. The number of aromatic nitrogens is 2. The highest BCUT2D eigenvalue weighted by Gasteiger charge is 2.23. The predicted octanol–water partition coefficient (Wildman–Crippen LogP) is 12.8. The molecule has 4 nitrogen and oxygen atoms in total. The molecule has 0 fully saturated rings. The van der Waals surface area contributed by atoms with Crippen molar-refractivity contribution in [1.82, 2.24) is 9.97 Å². The SMILES string of the molecule is Cc1cc(C)c(C)c(N(c2ccc3c(C)c4cc(N(c5ccccn5)c5c(C)c(C)cc(C)c5C)ccc4c(C)c3c2)c2ccccn2)c1C. The van der Waals surface area contributed by atoms with Crippen molar-refractivity contribution in [3.05, 3.63) is 153 Å². The zero-order chi connectivity index (χ0) is 35.4. The molecule has 5 aromatic carbocycles. The third-order valence-electron chi connectivity index (χ3n) is 11.0. The Kier molecular flexibility index (Phi) is 8.43. The van der Waals surface area contributed by atoms with Gasteiger partial charge in [-0.1, -0.05) is 36.4 Å². The summed E-state index contributed by atoms with van der Waals surface area (Å²) >= 11 is 0. The summed E-state index contributed by atoms with van der Waals surface area (Å²) in [6.45, 7) is 22.2. The molecule has 0 N–H and O–H groups in total. The smallest absolute Gasteiger partial charge is 0.137 e. The molecule has 4 heteroatoms. The average molecular weight is 655 g/mol. The highest BCUT2D eigenvalue weighted by Crippen LogP contribution is 2.45. The number of pyridine rings is 2. The van der Waals surface area contributed by atoms with Gasteiger partial charge in [0, 0.05) is 23.8 Å².